The number of hydrogen-bond acceptors (Lipinski definition) is 5. The predicted molar refractivity (Wildman–Crippen MR) is 120 cm³/mol. The zero-order valence-electron chi connectivity index (χ0n) is 17.2. The quantitative estimate of drug-likeness (QED) is 0.647. The maximum atomic E-state index is 12.7. The van der Waals surface area contributed by atoms with Crippen molar-refractivity contribution in [2.24, 2.45) is 0 Å². The molecule has 2 aromatic rings. The molecule has 0 saturated carbocycles. The van der Waals surface area contributed by atoms with E-state index >= 15 is 0 Å². The summed E-state index contributed by atoms with van der Waals surface area (Å²) in [6, 6.07) is 9.18. The Morgan fingerprint density at radius 2 is 1.66 bits per heavy atom. The Balaban J connectivity index is 1.38. The number of imide groups is 1. The lowest BCUT2D eigenvalue weighted by atomic mass is 10.1. The number of hydrogen-bond donors (Lipinski definition) is 2. The maximum absolute atomic E-state index is 12.7. The zero-order chi connectivity index (χ0) is 23.0. The molecule has 2 N–H and O–H groups in total. The van der Waals surface area contributed by atoms with Gasteiger partial charge < -0.3 is 15.5 Å². The van der Waals surface area contributed by atoms with Gasteiger partial charge in [0, 0.05) is 25.3 Å². The van der Waals surface area contributed by atoms with E-state index in [-0.39, 0.29) is 33.6 Å². The summed E-state index contributed by atoms with van der Waals surface area (Å²) < 4.78 is 0. The molecule has 2 aliphatic heterocycles. The molecule has 0 aromatic heterocycles. The van der Waals surface area contributed by atoms with Gasteiger partial charge in [0.2, 0.25) is 11.8 Å². The van der Waals surface area contributed by atoms with E-state index < -0.39 is 23.8 Å². The highest BCUT2D eigenvalue weighted by molar-refractivity contribution is 6.43. The van der Waals surface area contributed by atoms with Crippen LogP contribution in [0.5, 0.6) is 0 Å². The number of amides is 4. The van der Waals surface area contributed by atoms with Crippen molar-refractivity contribution in [1.82, 2.24) is 15.5 Å². The second-order valence-electron chi connectivity index (χ2n) is 7.62. The molecule has 1 fully saturated rings. The van der Waals surface area contributed by atoms with Crippen LogP contribution in [0.1, 0.15) is 33.2 Å². The molecule has 4 amide bonds. The lowest BCUT2D eigenvalue weighted by molar-refractivity contribution is -0.124. The molecule has 2 aromatic carbocycles. The van der Waals surface area contributed by atoms with Crippen molar-refractivity contribution in [2.75, 3.05) is 24.5 Å². The molecule has 2 heterocycles. The molecule has 1 unspecified atom stereocenters. The molecule has 32 heavy (non-hydrogen) atoms. The van der Waals surface area contributed by atoms with Gasteiger partial charge in [-0.1, -0.05) is 35.3 Å². The van der Waals surface area contributed by atoms with Crippen LogP contribution in [0.2, 0.25) is 10.0 Å². The van der Waals surface area contributed by atoms with E-state index in [9.17, 15) is 19.2 Å². The fraction of sp³-hybridized carbons (Fsp3) is 0.273. The smallest absolute Gasteiger partial charge is 0.262 e. The number of benzene rings is 2. The topological polar surface area (TPSA) is 98.8 Å². The number of carbonyl (C=O) groups excluding carboxylic acids is 4. The van der Waals surface area contributed by atoms with E-state index in [0.29, 0.717) is 13.1 Å². The first-order valence-corrected chi connectivity index (χ1v) is 10.8. The first-order chi connectivity index (χ1) is 15.3. The van der Waals surface area contributed by atoms with Gasteiger partial charge in [-0.05, 0) is 36.8 Å². The van der Waals surface area contributed by atoms with Crippen LogP contribution in [-0.2, 0) is 16.1 Å². The molecule has 0 aliphatic carbocycles. The molecule has 0 radical (unpaired) electrons. The fourth-order valence-electron chi connectivity index (χ4n) is 3.74. The largest absolute Gasteiger partial charge is 0.360 e. The second kappa shape index (κ2) is 8.80. The number of anilines is 1. The van der Waals surface area contributed by atoms with Crippen molar-refractivity contribution >= 4 is 52.5 Å². The van der Waals surface area contributed by atoms with Crippen LogP contribution < -0.4 is 15.5 Å². The Kier molecular flexibility index (Phi) is 6.08. The van der Waals surface area contributed by atoms with Crippen molar-refractivity contribution in [3.8, 4) is 0 Å². The monoisotopic (exact) mass is 474 g/mol. The zero-order valence-corrected chi connectivity index (χ0v) is 18.7. The summed E-state index contributed by atoms with van der Waals surface area (Å²) in [6.07, 6.45) is 0. The van der Waals surface area contributed by atoms with E-state index in [0.717, 1.165) is 22.7 Å². The van der Waals surface area contributed by atoms with Crippen LogP contribution in [0.3, 0.4) is 0 Å². The number of nitrogens with one attached hydrogen (secondary N) is 2. The van der Waals surface area contributed by atoms with Crippen molar-refractivity contribution in [3.63, 3.8) is 0 Å². The Hall–Kier alpha value is -3.10. The molecule has 4 rings (SSSR count). The molecular weight excluding hydrogens is 455 g/mol. The molecular formula is C22H20Cl2N4O4. The van der Waals surface area contributed by atoms with Crippen molar-refractivity contribution < 1.29 is 19.2 Å². The normalized spacial score (nSPS) is 16.7. The van der Waals surface area contributed by atoms with Crippen molar-refractivity contribution in [3.05, 3.63) is 63.1 Å². The van der Waals surface area contributed by atoms with E-state index in [4.69, 9.17) is 23.2 Å². The van der Waals surface area contributed by atoms with Gasteiger partial charge >= 0.3 is 0 Å². The Labute approximate surface area is 194 Å². The van der Waals surface area contributed by atoms with E-state index in [2.05, 4.69) is 10.6 Å². The van der Waals surface area contributed by atoms with Crippen LogP contribution in [-0.4, -0.2) is 54.2 Å². The predicted octanol–water partition coefficient (Wildman–Crippen LogP) is 2.23. The number of fused-ring (bicyclic) bond motifs is 1. The average molecular weight is 475 g/mol. The minimum absolute atomic E-state index is 0.0146. The van der Waals surface area contributed by atoms with Gasteiger partial charge in [0.25, 0.3) is 11.8 Å². The Morgan fingerprint density at radius 1 is 1.06 bits per heavy atom. The molecule has 166 valence electrons. The highest BCUT2D eigenvalue weighted by atomic mass is 35.5. The van der Waals surface area contributed by atoms with Crippen LogP contribution in [0.4, 0.5) is 5.69 Å². The molecule has 0 bridgehead atoms. The highest BCUT2D eigenvalue weighted by Crippen LogP contribution is 2.32. The maximum Gasteiger partial charge on any atom is 0.262 e. The molecule has 1 atom stereocenters. The number of halogens is 2. The van der Waals surface area contributed by atoms with Crippen LogP contribution in [0.15, 0.2) is 36.4 Å². The van der Waals surface area contributed by atoms with Gasteiger partial charge in [0.15, 0.2) is 0 Å². The van der Waals surface area contributed by atoms with Gasteiger partial charge in [0.05, 0.1) is 27.7 Å². The van der Waals surface area contributed by atoms with Gasteiger partial charge in [-0.3, -0.25) is 24.1 Å². The van der Waals surface area contributed by atoms with Crippen LogP contribution in [0.25, 0.3) is 0 Å². The Bertz CT molecular complexity index is 1080. The Morgan fingerprint density at radius 3 is 2.22 bits per heavy atom. The van der Waals surface area contributed by atoms with Crippen LogP contribution >= 0.6 is 23.2 Å². The highest BCUT2D eigenvalue weighted by Gasteiger charge is 2.41. The molecule has 2 aliphatic rings. The van der Waals surface area contributed by atoms with Crippen molar-refractivity contribution in [2.45, 2.75) is 19.5 Å². The number of rotatable bonds is 5. The summed E-state index contributed by atoms with van der Waals surface area (Å²) in [5.41, 5.74) is 2.03. The second-order valence-corrected chi connectivity index (χ2v) is 8.44. The molecule has 10 heteroatoms. The fourth-order valence-corrected chi connectivity index (χ4v) is 4.07. The number of nitrogens with zero attached hydrogens (tertiary/aromatic N) is 2. The summed E-state index contributed by atoms with van der Waals surface area (Å²) >= 11 is 11.9. The summed E-state index contributed by atoms with van der Waals surface area (Å²) in [7, 11) is 0. The molecule has 0 spiro atoms. The van der Waals surface area contributed by atoms with Gasteiger partial charge in [-0.2, -0.15) is 0 Å². The van der Waals surface area contributed by atoms with E-state index in [1.165, 1.54) is 19.1 Å². The minimum Gasteiger partial charge on any atom is -0.360 e. The summed E-state index contributed by atoms with van der Waals surface area (Å²) in [5, 5.41) is 5.87. The summed E-state index contributed by atoms with van der Waals surface area (Å²) in [6.45, 7) is 3.36. The summed E-state index contributed by atoms with van der Waals surface area (Å²) in [5.74, 6) is -1.64. The molecule has 1 saturated heterocycles. The number of piperazine rings is 1. The third kappa shape index (κ3) is 4.16. The first-order valence-electron chi connectivity index (χ1n) is 10.0. The lowest BCUT2D eigenvalue weighted by Gasteiger charge is -2.28. The molecule has 8 nitrogen and oxygen atoms in total. The average Bonchev–Trinajstić information content (AvgIpc) is 3.01. The van der Waals surface area contributed by atoms with E-state index in [1.54, 1.807) is 0 Å². The third-order valence-corrected chi connectivity index (χ3v) is 6.25. The van der Waals surface area contributed by atoms with E-state index in [1.807, 2.05) is 29.2 Å². The van der Waals surface area contributed by atoms with Gasteiger partial charge in [0.1, 0.15) is 6.04 Å². The first kappa shape index (κ1) is 22.1. The van der Waals surface area contributed by atoms with Crippen molar-refractivity contribution in [1.29, 1.82) is 0 Å². The van der Waals surface area contributed by atoms with Crippen LogP contribution in [0, 0.1) is 0 Å². The van der Waals surface area contributed by atoms with Gasteiger partial charge in [-0.25, -0.2) is 0 Å². The third-order valence-electron chi connectivity index (χ3n) is 5.53. The SMILES string of the molecule is CC(C(=O)NCc1ccc(N2CCNC(=O)C2)cc1)N1C(=O)c2cc(Cl)c(Cl)cc2C1=O. The lowest BCUT2D eigenvalue weighted by Crippen LogP contribution is -2.47. The number of carbonyl (C=O) groups is 4. The minimum atomic E-state index is -1.01. The van der Waals surface area contributed by atoms with Gasteiger partial charge in [-0.15, -0.1) is 0 Å². The summed E-state index contributed by atoms with van der Waals surface area (Å²) in [4.78, 5) is 52.5. The standard InChI is InChI=1S/C22H20Cl2N4O4/c1-12(28-21(31)15-8-17(23)18(24)9-16(15)22(28)32)20(30)26-10-13-2-4-14(5-3-13)27-7-6-25-19(29)11-27/h2-5,8-9,12H,6-7,10-11H2,1H3,(H,25,29)(H,26,30).